The number of carbonyl (C=O) groups excluding carboxylic acids is 1. The summed E-state index contributed by atoms with van der Waals surface area (Å²) in [5.74, 6) is 0. The maximum Gasteiger partial charge on any atom is 0.226 e. The number of halogens is 1. The molecule has 0 aliphatic rings. The maximum atomic E-state index is 10.6. The Bertz CT molecular complexity index is 286. The Labute approximate surface area is 76.3 Å². The summed E-state index contributed by atoms with van der Waals surface area (Å²) in [6.45, 7) is 0.445. The Kier molecular flexibility index (Phi) is 3.26. The number of hydrogen-bond donors (Lipinski definition) is 1. The average molecular weight is 184 g/mol. The molecule has 0 bridgehead atoms. The first-order valence-electron chi connectivity index (χ1n) is 3.69. The Morgan fingerprint density at radius 2 is 1.92 bits per heavy atom. The lowest BCUT2D eigenvalue weighted by molar-refractivity contribution is -0.111. The quantitative estimate of drug-likeness (QED) is 0.721. The summed E-state index contributed by atoms with van der Waals surface area (Å²) >= 11 is 5.26. The van der Waals surface area contributed by atoms with E-state index in [2.05, 4.69) is 0 Å². The predicted octanol–water partition coefficient (Wildman–Crippen LogP) is 1.45. The summed E-state index contributed by atoms with van der Waals surface area (Å²) in [4.78, 5) is 10.6. The van der Waals surface area contributed by atoms with Gasteiger partial charge in [0.25, 0.3) is 0 Å². The van der Waals surface area contributed by atoms with Gasteiger partial charge in [-0.25, -0.2) is 0 Å². The fraction of sp³-hybridized carbons (Fsp3) is 0.222. The van der Waals surface area contributed by atoms with Crippen LogP contribution in [0, 0.1) is 0 Å². The van der Waals surface area contributed by atoms with E-state index in [1.165, 1.54) is 0 Å². The second-order valence-electron chi connectivity index (χ2n) is 2.50. The van der Waals surface area contributed by atoms with Crippen LogP contribution >= 0.6 is 11.6 Å². The van der Waals surface area contributed by atoms with Crippen LogP contribution in [0.15, 0.2) is 24.3 Å². The highest BCUT2D eigenvalue weighted by atomic mass is 35.5. The molecule has 3 heteroatoms. The second kappa shape index (κ2) is 4.24. The molecule has 64 valence electrons. The molecular formula is C9H10ClNO. The maximum absolute atomic E-state index is 10.6. The highest BCUT2D eigenvalue weighted by molar-refractivity contribution is 6.63. The van der Waals surface area contributed by atoms with Gasteiger partial charge >= 0.3 is 0 Å². The summed E-state index contributed by atoms with van der Waals surface area (Å²) < 4.78 is 0. The van der Waals surface area contributed by atoms with Crippen LogP contribution in [-0.2, 0) is 17.8 Å². The molecule has 0 saturated carbocycles. The lowest BCUT2D eigenvalue weighted by Gasteiger charge is -2.03. The van der Waals surface area contributed by atoms with E-state index in [0.717, 1.165) is 11.1 Å². The van der Waals surface area contributed by atoms with Crippen LogP contribution in [0.2, 0.25) is 0 Å². The third-order valence-corrected chi connectivity index (χ3v) is 1.80. The molecule has 0 amide bonds. The van der Waals surface area contributed by atoms with Gasteiger partial charge in [0.05, 0.1) is 0 Å². The van der Waals surface area contributed by atoms with E-state index in [-0.39, 0.29) is 11.7 Å². The standard InChI is InChI=1S/C9H10ClNO/c10-9(12)5-7-3-1-2-4-8(7)6-11/h1-4H,5-6,11H2. The number of hydrogen-bond acceptors (Lipinski definition) is 2. The van der Waals surface area contributed by atoms with Gasteiger partial charge in [0, 0.05) is 13.0 Å². The largest absolute Gasteiger partial charge is 0.326 e. The van der Waals surface area contributed by atoms with Crippen molar-refractivity contribution in [2.45, 2.75) is 13.0 Å². The van der Waals surface area contributed by atoms with Crippen LogP contribution in [0.4, 0.5) is 0 Å². The molecule has 0 saturated heterocycles. The number of benzene rings is 1. The van der Waals surface area contributed by atoms with Crippen molar-refractivity contribution < 1.29 is 4.79 Å². The van der Waals surface area contributed by atoms with E-state index in [4.69, 9.17) is 17.3 Å². The molecule has 0 fully saturated rings. The predicted molar refractivity (Wildman–Crippen MR) is 48.9 cm³/mol. The number of carbonyl (C=O) groups is 1. The molecule has 0 atom stereocenters. The Morgan fingerprint density at radius 1 is 1.33 bits per heavy atom. The van der Waals surface area contributed by atoms with Gasteiger partial charge in [-0.05, 0) is 22.7 Å². The van der Waals surface area contributed by atoms with Crippen LogP contribution < -0.4 is 5.73 Å². The smallest absolute Gasteiger partial charge is 0.226 e. The van der Waals surface area contributed by atoms with Crippen LogP contribution in [0.25, 0.3) is 0 Å². The molecule has 0 heterocycles. The minimum atomic E-state index is -0.351. The Balaban J connectivity index is 2.89. The van der Waals surface area contributed by atoms with Crippen molar-refractivity contribution in [1.29, 1.82) is 0 Å². The van der Waals surface area contributed by atoms with Gasteiger partial charge in [0.1, 0.15) is 0 Å². The topological polar surface area (TPSA) is 43.1 Å². The molecular weight excluding hydrogens is 174 g/mol. The Morgan fingerprint density at radius 3 is 2.42 bits per heavy atom. The molecule has 2 nitrogen and oxygen atoms in total. The summed E-state index contributed by atoms with van der Waals surface area (Å²) in [6.07, 6.45) is 0.259. The number of rotatable bonds is 3. The molecule has 2 N–H and O–H groups in total. The highest BCUT2D eigenvalue weighted by Gasteiger charge is 2.03. The molecule has 0 spiro atoms. The molecule has 1 aromatic carbocycles. The molecule has 0 aliphatic carbocycles. The fourth-order valence-corrected chi connectivity index (χ4v) is 1.22. The molecule has 0 unspecified atom stereocenters. The molecule has 12 heavy (non-hydrogen) atoms. The van der Waals surface area contributed by atoms with Gasteiger partial charge in [-0.1, -0.05) is 24.3 Å². The van der Waals surface area contributed by atoms with Gasteiger partial charge in [-0.2, -0.15) is 0 Å². The third-order valence-electron chi connectivity index (χ3n) is 1.67. The highest BCUT2D eigenvalue weighted by Crippen LogP contribution is 2.09. The lowest BCUT2D eigenvalue weighted by Crippen LogP contribution is -2.03. The zero-order valence-corrected chi connectivity index (χ0v) is 7.34. The van der Waals surface area contributed by atoms with E-state index < -0.39 is 0 Å². The van der Waals surface area contributed by atoms with E-state index in [9.17, 15) is 4.79 Å². The first-order valence-corrected chi connectivity index (χ1v) is 4.07. The molecule has 0 radical (unpaired) electrons. The zero-order chi connectivity index (χ0) is 8.97. The zero-order valence-electron chi connectivity index (χ0n) is 6.59. The van der Waals surface area contributed by atoms with Crippen LogP contribution in [0.5, 0.6) is 0 Å². The van der Waals surface area contributed by atoms with Crippen molar-refractivity contribution in [1.82, 2.24) is 0 Å². The van der Waals surface area contributed by atoms with Gasteiger partial charge in [-0.15, -0.1) is 0 Å². The summed E-state index contributed by atoms with van der Waals surface area (Å²) in [5.41, 5.74) is 7.37. The van der Waals surface area contributed by atoms with Gasteiger partial charge in [0.2, 0.25) is 5.24 Å². The SMILES string of the molecule is NCc1ccccc1CC(=O)Cl. The van der Waals surface area contributed by atoms with E-state index in [1.807, 2.05) is 24.3 Å². The van der Waals surface area contributed by atoms with Crippen molar-refractivity contribution in [3.8, 4) is 0 Å². The van der Waals surface area contributed by atoms with Crippen molar-refractivity contribution in [3.05, 3.63) is 35.4 Å². The normalized spacial score (nSPS) is 9.83. The lowest BCUT2D eigenvalue weighted by atomic mass is 10.1. The van der Waals surface area contributed by atoms with E-state index in [1.54, 1.807) is 0 Å². The number of nitrogens with two attached hydrogens (primary N) is 1. The van der Waals surface area contributed by atoms with Crippen molar-refractivity contribution in [2.24, 2.45) is 5.73 Å². The second-order valence-corrected chi connectivity index (χ2v) is 2.93. The van der Waals surface area contributed by atoms with Crippen molar-refractivity contribution >= 4 is 16.8 Å². The average Bonchev–Trinajstić information content (AvgIpc) is 2.04. The van der Waals surface area contributed by atoms with Crippen LogP contribution in [-0.4, -0.2) is 5.24 Å². The van der Waals surface area contributed by atoms with Gasteiger partial charge < -0.3 is 5.73 Å². The summed E-state index contributed by atoms with van der Waals surface area (Å²) in [7, 11) is 0. The minimum absolute atomic E-state index is 0.259. The van der Waals surface area contributed by atoms with Crippen molar-refractivity contribution in [3.63, 3.8) is 0 Å². The molecule has 0 aromatic heterocycles. The van der Waals surface area contributed by atoms with E-state index in [0.29, 0.717) is 6.54 Å². The fourth-order valence-electron chi connectivity index (χ4n) is 1.08. The van der Waals surface area contributed by atoms with Crippen LogP contribution in [0.3, 0.4) is 0 Å². The summed E-state index contributed by atoms with van der Waals surface area (Å²) in [5, 5.41) is -0.351. The van der Waals surface area contributed by atoms with E-state index >= 15 is 0 Å². The molecule has 1 aromatic rings. The Hall–Kier alpha value is -0.860. The summed E-state index contributed by atoms with van der Waals surface area (Å²) in [6, 6.07) is 7.52. The molecule has 0 aliphatic heterocycles. The van der Waals surface area contributed by atoms with Gasteiger partial charge in [-0.3, -0.25) is 4.79 Å². The van der Waals surface area contributed by atoms with Crippen LogP contribution in [0.1, 0.15) is 11.1 Å². The third kappa shape index (κ3) is 2.32. The van der Waals surface area contributed by atoms with Crippen molar-refractivity contribution in [2.75, 3.05) is 0 Å². The van der Waals surface area contributed by atoms with Gasteiger partial charge in [0.15, 0.2) is 0 Å². The monoisotopic (exact) mass is 183 g/mol. The first kappa shape index (κ1) is 9.23. The first-order chi connectivity index (χ1) is 5.74. The minimum Gasteiger partial charge on any atom is -0.326 e. The molecule has 1 rings (SSSR count).